The summed E-state index contributed by atoms with van der Waals surface area (Å²) in [6, 6.07) is 1.12. The topological polar surface area (TPSA) is 20.3 Å². The van der Waals surface area contributed by atoms with Crippen LogP contribution in [0.15, 0.2) is 0 Å². The second-order valence-corrected chi connectivity index (χ2v) is 8.13. The summed E-state index contributed by atoms with van der Waals surface area (Å²) in [6.07, 6.45) is 10.2. The van der Waals surface area contributed by atoms with Gasteiger partial charge in [-0.25, -0.2) is 0 Å². The molecule has 2 aliphatic heterocycles. The van der Waals surface area contributed by atoms with E-state index in [9.17, 15) is 4.79 Å². The molecule has 0 aromatic rings. The number of halogens is 1. The van der Waals surface area contributed by atoms with Crippen molar-refractivity contribution in [2.24, 2.45) is 17.8 Å². The molecule has 18 heavy (non-hydrogen) atoms. The number of amides is 1. The number of alkyl halides is 1. The smallest absolute Gasteiger partial charge is 0.226 e. The highest BCUT2D eigenvalue weighted by molar-refractivity contribution is 9.09. The Morgan fingerprint density at radius 3 is 2.06 bits per heavy atom. The van der Waals surface area contributed by atoms with Gasteiger partial charge < -0.3 is 4.90 Å². The lowest BCUT2D eigenvalue weighted by Crippen LogP contribution is -2.47. The molecule has 0 spiro atoms. The van der Waals surface area contributed by atoms with Gasteiger partial charge in [0, 0.05) is 22.8 Å². The molecule has 0 aromatic heterocycles. The van der Waals surface area contributed by atoms with Crippen LogP contribution in [0.25, 0.3) is 0 Å². The summed E-state index contributed by atoms with van der Waals surface area (Å²) in [7, 11) is 0. The van der Waals surface area contributed by atoms with E-state index < -0.39 is 0 Å². The summed E-state index contributed by atoms with van der Waals surface area (Å²) < 4.78 is 0. The van der Waals surface area contributed by atoms with Crippen molar-refractivity contribution >= 4 is 21.8 Å². The summed E-state index contributed by atoms with van der Waals surface area (Å²) in [4.78, 5) is 15.8. The van der Waals surface area contributed by atoms with Gasteiger partial charge >= 0.3 is 0 Å². The zero-order valence-electron chi connectivity index (χ0n) is 10.9. The fourth-order valence-corrected chi connectivity index (χ4v) is 5.86. The van der Waals surface area contributed by atoms with Crippen molar-refractivity contribution in [1.82, 2.24) is 4.90 Å². The van der Waals surface area contributed by atoms with Crippen LogP contribution >= 0.6 is 15.9 Å². The highest BCUT2D eigenvalue weighted by Crippen LogP contribution is 2.57. The van der Waals surface area contributed by atoms with Gasteiger partial charge in [0.15, 0.2) is 0 Å². The second kappa shape index (κ2) is 4.22. The highest BCUT2D eigenvalue weighted by Gasteiger charge is 2.58. The Bertz CT molecular complexity index is 346. The number of piperidine rings is 1. The number of carbonyl (C=O) groups is 1. The number of nitrogens with zero attached hydrogens (tertiary/aromatic N) is 1. The molecule has 4 fully saturated rings. The summed E-state index contributed by atoms with van der Waals surface area (Å²) in [6.45, 7) is 0. The first-order chi connectivity index (χ1) is 8.75. The predicted molar refractivity (Wildman–Crippen MR) is 74.5 cm³/mol. The zero-order valence-corrected chi connectivity index (χ0v) is 12.4. The number of rotatable bonds is 1. The van der Waals surface area contributed by atoms with Crippen molar-refractivity contribution in [2.45, 2.75) is 68.3 Å². The number of hydrogen-bond donors (Lipinski definition) is 0. The van der Waals surface area contributed by atoms with Crippen molar-refractivity contribution in [2.75, 3.05) is 0 Å². The monoisotopic (exact) mass is 311 g/mol. The molecule has 4 rings (SSSR count). The lowest BCUT2D eigenvalue weighted by atomic mass is 10.0. The van der Waals surface area contributed by atoms with Crippen LogP contribution in [-0.4, -0.2) is 27.7 Å². The van der Waals surface area contributed by atoms with Crippen LogP contribution in [0.1, 0.15) is 51.4 Å². The fraction of sp³-hybridized carbons (Fsp3) is 0.933. The third kappa shape index (κ3) is 1.69. The maximum absolute atomic E-state index is 12.8. The summed E-state index contributed by atoms with van der Waals surface area (Å²) in [5.41, 5.74) is 0. The molecule has 4 atom stereocenters. The Morgan fingerprint density at radius 2 is 1.50 bits per heavy atom. The van der Waals surface area contributed by atoms with E-state index in [1.807, 2.05) is 0 Å². The maximum atomic E-state index is 12.8. The minimum Gasteiger partial charge on any atom is -0.336 e. The van der Waals surface area contributed by atoms with E-state index >= 15 is 0 Å². The second-order valence-electron chi connectivity index (χ2n) is 6.84. The number of carbonyl (C=O) groups excluding carboxylic acids is 1. The Hall–Kier alpha value is -0.0500. The molecule has 4 unspecified atom stereocenters. The van der Waals surface area contributed by atoms with Crippen molar-refractivity contribution in [1.29, 1.82) is 0 Å². The first-order valence-corrected chi connectivity index (χ1v) is 8.63. The van der Waals surface area contributed by atoms with Gasteiger partial charge in [0.1, 0.15) is 0 Å². The molecule has 2 bridgehead atoms. The van der Waals surface area contributed by atoms with Gasteiger partial charge in [-0.15, -0.1) is 0 Å². The molecule has 4 aliphatic rings. The fourth-order valence-electron chi connectivity index (χ4n) is 5.00. The van der Waals surface area contributed by atoms with Crippen LogP contribution in [0.2, 0.25) is 0 Å². The van der Waals surface area contributed by atoms with Gasteiger partial charge in [-0.3, -0.25) is 4.79 Å². The summed E-state index contributed by atoms with van der Waals surface area (Å²) in [5, 5.41) is 0. The van der Waals surface area contributed by atoms with E-state index in [0.717, 1.165) is 11.8 Å². The minimum absolute atomic E-state index is 0.433. The molecule has 2 aliphatic carbocycles. The van der Waals surface area contributed by atoms with E-state index in [0.29, 0.717) is 28.7 Å². The molecule has 0 N–H and O–H groups in total. The quantitative estimate of drug-likeness (QED) is 0.680. The Kier molecular flexibility index (Phi) is 2.76. The molecule has 3 heteroatoms. The predicted octanol–water partition coefficient (Wildman–Crippen LogP) is 3.34. The van der Waals surface area contributed by atoms with Gasteiger partial charge in [0.05, 0.1) is 0 Å². The Morgan fingerprint density at radius 1 is 0.944 bits per heavy atom. The van der Waals surface area contributed by atoms with Crippen LogP contribution in [0.5, 0.6) is 0 Å². The average molecular weight is 312 g/mol. The lowest BCUT2D eigenvalue weighted by Gasteiger charge is -2.37. The zero-order chi connectivity index (χ0) is 12.3. The molecule has 2 nitrogen and oxygen atoms in total. The molecule has 2 saturated carbocycles. The van der Waals surface area contributed by atoms with Crippen LogP contribution in [0.3, 0.4) is 0 Å². The number of hydrogen-bond acceptors (Lipinski definition) is 1. The van der Waals surface area contributed by atoms with Crippen molar-refractivity contribution < 1.29 is 4.79 Å². The molecule has 1 amide bonds. The first-order valence-electron chi connectivity index (χ1n) is 7.72. The molecule has 2 heterocycles. The van der Waals surface area contributed by atoms with Crippen LogP contribution < -0.4 is 0 Å². The van der Waals surface area contributed by atoms with Gasteiger partial charge in [-0.2, -0.15) is 0 Å². The van der Waals surface area contributed by atoms with Gasteiger partial charge in [0.25, 0.3) is 0 Å². The van der Waals surface area contributed by atoms with E-state index in [1.54, 1.807) is 0 Å². The highest BCUT2D eigenvalue weighted by atomic mass is 79.9. The van der Waals surface area contributed by atoms with E-state index in [2.05, 4.69) is 20.8 Å². The van der Waals surface area contributed by atoms with Crippen LogP contribution in [-0.2, 0) is 4.79 Å². The molecule has 2 saturated heterocycles. The third-order valence-corrected chi connectivity index (χ3v) is 6.62. The van der Waals surface area contributed by atoms with Gasteiger partial charge in [-0.05, 0) is 50.4 Å². The summed E-state index contributed by atoms with van der Waals surface area (Å²) >= 11 is 3.76. The SMILES string of the molecule is O=C(C1C2CCCCC21)N1C2CCC1CC(Br)C2. The van der Waals surface area contributed by atoms with Crippen LogP contribution in [0.4, 0.5) is 0 Å². The molecule has 0 aromatic carbocycles. The molecular weight excluding hydrogens is 290 g/mol. The van der Waals surface area contributed by atoms with Crippen LogP contribution in [0, 0.1) is 17.8 Å². The minimum atomic E-state index is 0.433. The van der Waals surface area contributed by atoms with Gasteiger partial charge in [0.2, 0.25) is 5.91 Å². The van der Waals surface area contributed by atoms with Gasteiger partial charge in [-0.1, -0.05) is 28.8 Å². The van der Waals surface area contributed by atoms with E-state index in [-0.39, 0.29) is 0 Å². The molecule has 0 radical (unpaired) electrons. The lowest BCUT2D eigenvalue weighted by molar-refractivity contribution is -0.137. The van der Waals surface area contributed by atoms with Crippen molar-refractivity contribution in [3.8, 4) is 0 Å². The van der Waals surface area contributed by atoms with E-state index in [4.69, 9.17) is 0 Å². The standard InChI is InChI=1S/C15H22BrNO/c16-9-7-10-5-6-11(8-9)17(10)15(18)14-12-3-1-2-4-13(12)14/h9-14H,1-8H2. The largest absolute Gasteiger partial charge is 0.336 e. The molecule has 100 valence electrons. The van der Waals surface area contributed by atoms with E-state index in [1.165, 1.54) is 51.4 Å². The normalized spacial score (nSPS) is 49.9. The Balaban J connectivity index is 1.49. The molecular formula is C15H22BrNO. The van der Waals surface area contributed by atoms with Crippen molar-refractivity contribution in [3.05, 3.63) is 0 Å². The number of fused-ring (bicyclic) bond motifs is 3. The Labute approximate surface area is 118 Å². The maximum Gasteiger partial charge on any atom is 0.226 e. The first kappa shape index (κ1) is 11.7. The van der Waals surface area contributed by atoms with Crippen molar-refractivity contribution in [3.63, 3.8) is 0 Å². The summed E-state index contributed by atoms with van der Waals surface area (Å²) in [5.74, 6) is 2.51. The average Bonchev–Trinajstić information content (AvgIpc) is 3.02. The third-order valence-electron chi connectivity index (χ3n) is 5.87.